The van der Waals surface area contributed by atoms with Gasteiger partial charge in [-0.25, -0.2) is 0 Å². The van der Waals surface area contributed by atoms with E-state index in [-0.39, 0.29) is 6.04 Å². The molecular weight excluding hydrogens is 172 g/mol. The van der Waals surface area contributed by atoms with Gasteiger partial charge in [0.1, 0.15) is 0 Å². The third kappa shape index (κ3) is 1.23. The second kappa shape index (κ2) is 3.46. The predicted molar refractivity (Wildman–Crippen MR) is 60.4 cm³/mol. The molecule has 2 N–H and O–H groups in total. The van der Waals surface area contributed by atoms with Crippen LogP contribution in [-0.2, 0) is 13.5 Å². The first-order valence-electron chi connectivity index (χ1n) is 5.82. The van der Waals surface area contributed by atoms with E-state index in [0.29, 0.717) is 12.6 Å². The molecule has 0 atom stereocenters. The molecule has 0 aliphatic heterocycles. The van der Waals surface area contributed by atoms with Crippen molar-refractivity contribution in [1.29, 1.82) is 0 Å². The lowest BCUT2D eigenvalue weighted by molar-refractivity contribution is 0.882. The molecule has 1 aromatic carbocycles. The molecule has 2 heteroatoms. The minimum absolute atomic E-state index is 0.274. The number of nitrogens with two attached hydrogens (primary N) is 1. The Bertz CT molecular complexity index is 544. The normalized spacial score (nSPS) is 13.1. The van der Waals surface area contributed by atoms with Crippen molar-refractivity contribution in [2.45, 2.75) is 13.3 Å². The summed E-state index contributed by atoms with van der Waals surface area (Å²) in [6.07, 6.45) is 0.762. The number of benzene rings is 1. The van der Waals surface area contributed by atoms with Crippen molar-refractivity contribution in [1.82, 2.24) is 4.57 Å². The quantitative estimate of drug-likeness (QED) is 0.771. The second-order valence-electron chi connectivity index (χ2n) is 3.52. The lowest BCUT2D eigenvalue weighted by Gasteiger charge is -1.99. The fourth-order valence-electron chi connectivity index (χ4n) is 1.91. The zero-order valence-electron chi connectivity index (χ0n) is 10.6. The number of hydrogen-bond donors (Lipinski definition) is 1. The molecule has 0 aliphatic carbocycles. The Morgan fingerprint density at radius 1 is 1.57 bits per heavy atom. The average Bonchev–Trinajstić information content (AvgIpc) is 2.50. The summed E-state index contributed by atoms with van der Waals surface area (Å²) in [6.45, 7) is 2.61. The Morgan fingerprint density at radius 2 is 2.36 bits per heavy atom. The maximum Gasteiger partial charge on any atom is 0.0630 e. The van der Waals surface area contributed by atoms with E-state index in [1.165, 1.54) is 0 Å². The third-order valence-corrected chi connectivity index (χ3v) is 2.78. The lowest BCUT2D eigenvalue weighted by atomic mass is 10.1. The summed E-state index contributed by atoms with van der Waals surface area (Å²) in [5.41, 5.74) is 8.86. The summed E-state index contributed by atoms with van der Waals surface area (Å²) in [6, 6.07) is 4.17. The molecular formula is C12H16N2. The molecule has 2 aromatic rings. The molecule has 2 rings (SSSR count). The molecule has 0 fully saturated rings. The molecule has 0 saturated heterocycles. The minimum atomic E-state index is 0.274. The molecule has 0 bridgehead atoms. The summed E-state index contributed by atoms with van der Waals surface area (Å²) in [4.78, 5) is 0. The molecule has 1 heterocycles. The van der Waals surface area contributed by atoms with Crippen LogP contribution in [0, 0.1) is 6.92 Å². The van der Waals surface area contributed by atoms with Crippen molar-refractivity contribution in [2.75, 3.05) is 6.54 Å². The van der Waals surface area contributed by atoms with E-state index in [4.69, 9.17) is 8.48 Å². The third-order valence-electron chi connectivity index (χ3n) is 2.78. The van der Waals surface area contributed by atoms with Crippen LogP contribution in [0.25, 0.3) is 10.9 Å². The first-order valence-corrected chi connectivity index (χ1v) is 4.82. The van der Waals surface area contributed by atoms with Crippen LogP contribution in [0.2, 0.25) is 0 Å². The molecule has 0 spiro atoms. The number of hydrogen-bond acceptors (Lipinski definition) is 1. The van der Waals surface area contributed by atoms with Crippen LogP contribution < -0.4 is 5.73 Å². The van der Waals surface area contributed by atoms with E-state index in [1.54, 1.807) is 6.07 Å². The summed E-state index contributed by atoms with van der Waals surface area (Å²) in [5.74, 6) is 0. The van der Waals surface area contributed by atoms with Gasteiger partial charge < -0.3 is 10.3 Å². The Hall–Kier alpha value is -1.28. The van der Waals surface area contributed by atoms with Crippen LogP contribution in [0.1, 0.15) is 14.0 Å². The van der Waals surface area contributed by atoms with Gasteiger partial charge in [0, 0.05) is 23.6 Å². The van der Waals surface area contributed by atoms with E-state index in [1.807, 2.05) is 20.0 Å². The van der Waals surface area contributed by atoms with Gasteiger partial charge in [-0.2, -0.15) is 0 Å². The Balaban J connectivity index is 2.86. The molecule has 0 saturated carbocycles. The summed E-state index contributed by atoms with van der Waals surface area (Å²) < 4.78 is 17.7. The van der Waals surface area contributed by atoms with Gasteiger partial charge in [-0.1, -0.05) is 18.2 Å². The monoisotopic (exact) mass is 190 g/mol. The number of nitrogens with zero attached hydrogens (tertiary/aromatic N) is 1. The van der Waals surface area contributed by atoms with Crippen LogP contribution in [0.15, 0.2) is 24.2 Å². The maximum absolute atomic E-state index is 7.98. The average molecular weight is 190 g/mol. The van der Waals surface area contributed by atoms with Gasteiger partial charge in [-0.15, -0.1) is 0 Å². The number of fused-ring (bicyclic) bond motifs is 1. The van der Waals surface area contributed by atoms with Crippen molar-refractivity contribution >= 4 is 10.9 Å². The number of aromatic nitrogens is 1. The van der Waals surface area contributed by atoms with Crippen LogP contribution in [0.5, 0.6) is 0 Å². The second-order valence-corrected chi connectivity index (χ2v) is 3.52. The van der Waals surface area contributed by atoms with Crippen molar-refractivity contribution in [3.8, 4) is 0 Å². The van der Waals surface area contributed by atoms with Crippen molar-refractivity contribution in [3.05, 3.63) is 35.5 Å². The van der Waals surface area contributed by atoms with E-state index >= 15 is 0 Å². The Labute approximate surface area is 87.1 Å². The van der Waals surface area contributed by atoms with Crippen molar-refractivity contribution in [3.63, 3.8) is 0 Å². The number of aryl methyl sites for hydroxylation is 1. The fourth-order valence-corrected chi connectivity index (χ4v) is 1.91. The topological polar surface area (TPSA) is 30.9 Å². The van der Waals surface area contributed by atoms with Gasteiger partial charge in [0.05, 0.1) is 2.74 Å². The van der Waals surface area contributed by atoms with Gasteiger partial charge in [-0.05, 0) is 31.5 Å². The molecule has 0 aliphatic rings. The zero-order chi connectivity index (χ0) is 11.9. The maximum atomic E-state index is 7.98. The fraction of sp³-hybridized carbons (Fsp3) is 0.333. The molecule has 74 valence electrons. The van der Waals surface area contributed by atoms with Crippen molar-refractivity contribution < 1.29 is 2.74 Å². The number of para-hydroxylation sites is 1. The number of rotatable bonds is 2. The van der Waals surface area contributed by atoms with Gasteiger partial charge in [-0.3, -0.25) is 0 Å². The lowest BCUT2D eigenvalue weighted by Crippen LogP contribution is -2.03. The molecule has 0 amide bonds. The first-order chi connectivity index (χ1) is 7.57. The highest BCUT2D eigenvalue weighted by Crippen LogP contribution is 2.24. The van der Waals surface area contributed by atoms with Gasteiger partial charge in [0.2, 0.25) is 0 Å². The smallest absolute Gasteiger partial charge is 0.0630 e. The molecule has 0 radical (unpaired) electrons. The van der Waals surface area contributed by atoms with Crippen LogP contribution >= 0.6 is 0 Å². The summed E-state index contributed by atoms with van der Waals surface area (Å²) in [7, 11) is 1.99. The van der Waals surface area contributed by atoms with Crippen LogP contribution in [0.4, 0.5) is 0 Å². The molecule has 0 unspecified atom stereocenters. The Kier molecular flexibility index (Phi) is 1.75. The molecule has 1 aromatic heterocycles. The van der Waals surface area contributed by atoms with Gasteiger partial charge >= 0.3 is 0 Å². The van der Waals surface area contributed by atoms with Crippen LogP contribution in [-0.4, -0.2) is 11.1 Å². The predicted octanol–water partition coefficient (Wildman–Crippen LogP) is 1.99. The first kappa shape index (κ1) is 7.07. The van der Waals surface area contributed by atoms with E-state index in [0.717, 1.165) is 28.6 Å². The molecule has 2 nitrogen and oxygen atoms in total. The molecule has 14 heavy (non-hydrogen) atoms. The summed E-state index contributed by atoms with van der Waals surface area (Å²) in [5, 5.41) is 0.887. The van der Waals surface area contributed by atoms with Crippen molar-refractivity contribution in [2.24, 2.45) is 12.8 Å². The zero-order valence-corrected chi connectivity index (χ0v) is 8.59. The van der Waals surface area contributed by atoms with E-state index in [9.17, 15) is 0 Å². The largest absolute Gasteiger partial charge is 0.348 e. The highest BCUT2D eigenvalue weighted by atomic mass is 14.9. The van der Waals surface area contributed by atoms with Gasteiger partial charge in [0.15, 0.2) is 0 Å². The highest BCUT2D eigenvalue weighted by molar-refractivity contribution is 5.85. The van der Waals surface area contributed by atoms with E-state index in [2.05, 4.69) is 4.57 Å². The minimum Gasteiger partial charge on any atom is -0.348 e. The standard InChI is InChI=1S/C12H16N2/c1-9-10(7-8-13)11-5-3-4-6-12(11)14(9)2/h3-6H,7-8,13H2,1-2H3/i3D,5D. The Morgan fingerprint density at radius 3 is 3.07 bits per heavy atom. The van der Waals surface area contributed by atoms with E-state index < -0.39 is 0 Å². The summed E-state index contributed by atoms with van der Waals surface area (Å²) >= 11 is 0. The van der Waals surface area contributed by atoms with Crippen LogP contribution in [0.3, 0.4) is 0 Å². The highest BCUT2D eigenvalue weighted by Gasteiger charge is 2.09. The van der Waals surface area contributed by atoms with Gasteiger partial charge in [0.25, 0.3) is 0 Å². The SMILES string of the molecule is [2H]c1ccc2c(c1[2H])c(CCN)c(C)n2C.